The number of aliphatic hydroxyl groups excluding tert-OH is 1. The number of hydrogen-bond donors (Lipinski definition) is 3. The van der Waals surface area contributed by atoms with Crippen molar-refractivity contribution in [1.82, 2.24) is 0 Å². The number of aliphatic hydroxyl groups is 1. The zero-order chi connectivity index (χ0) is 13.3. The Hall–Kier alpha value is -1.75. The molecule has 1 aliphatic carbocycles. The SMILES string of the molecule is CN(CC1CC(O)C1)c1cc(N)ccc1C(N)=O. The van der Waals surface area contributed by atoms with Crippen LogP contribution in [0.1, 0.15) is 23.2 Å². The lowest BCUT2D eigenvalue weighted by Gasteiger charge is -2.35. The molecule has 0 aliphatic heterocycles. The second-order valence-corrected chi connectivity index (χ2v) is 5.01. The molecular weight excluding hydrogens is 230 g/mol. The third kappa shape index (κ3) is 2.56. The minimum absolute atomic E-state index is 0.167. The molecule has 0 heterocycles. The van der Waals surface area contributed by atoms with Crippen LogP contribution in [-0.2, 0) is 0 Å². The maximum atomic E-state index is 11.4. The zero-order valence-electron chi connectivity index (χ0n) is 10.5. The minimum Gasteiger partial charge on any atom is -0.399 e. The zero-order valence-corrected chi connectivity index (χ0v) is 10.5. The number of nitrogens with two attached hydrogens (primary N) is 2. The largest absolute Gasteiger partial charge is 0.399 e. The van der Waals surface area contributed by atoms with Crippen molar-refractivity contribution >= 4 is 17.3 Å². The van der Waals surface area contributed by atoms with Gasteiger partial charge in [0.05, 0.1) is 17.4 Å². The van der Waals surface area contributed by atoms with E-state index in [4.69, 9.17) is 11.5 Å². The first kappa shape index (κ1) is 12.7. The second-order valence-electron chi connectivity index (χ2n) is 5.01. The van der Waals surface area contributed by atoms with Crippen LogP contribution in [0.5, 0.6) is 0 Å². The fourth-order valence-electron chi connectivity index (χ4n) is 2.41. The van der Waals surface area contributed by atoms with E-state index in [0.717, 1.165) is 25.1 Å². The van der Waals surface area contributed by atoms with Crippen molar-refractivity contribution in [3.05, 3.63) is 23.8 Å². The van der Waals surface area contributed by atoms with E-state index in [1.807, 2.05) is 11.9 Å². The Labute approximate surface area is 106 Å². The van der Waals surface area contributed by atoms with Crippen molar-refractivity contribution in [3.63, 3.8) is 0 Å². The number of benzene rings is 1. The van der Waals surface area contributed by atoms with Crippen LogP contribution in [0.25, 0.3) is 0 Å². The molecule has 0 aromatic heterocycles. The van der Waals surface area contributed by atoms with Gasteiger partial charge in [-0.2, -0.15) is 0 Å². The van der Waals surface area contributed by atoms with Crippen LogP contribution in [-0.4, -0.2) is 30.7 Å². The summed E-state index contributed by atoms with van der Waals surface area (Å²) < 4.78 is 0. The number of rotatable bonds is 4. The van der Waals surface area contributed by atoms with Crippen LogP contribution in [0.4, 0.5) is 11.4 Å². The lowest BCUT2D eigenvalue weighted by Crippen LogP contribution is -2.37. The standard InChI is InChI=1S/C13H19N3O2/c1-16(7-8-4-10(17)5-8)12-6-9(14)2-3-11(12)13(15)18/h2-3,6,8,10,17H,4-5,7,14H2,1H3,(H2,15,18). The molecule has 0 atom stereocenters. The average molecular weight is 249 g/mol. The van der Waals surface area contributed by atoms with Gasteiger partial charge in [0.2, 0.25) is 0 Å². The molecule has 2 rings (SSSR count). The molecule has 18 heavy (non-hydrogen) atoms. The topological polar surface area (TPSA) is 92.6 Å². The number of nitrogen functional groups attached to an aromatic ring is 1. The summed E-state index contributed by atoms with van der Waals surface area (Å²) in [5, 5.41) is 9.28. The number of carbonyl (C=O) groups excluding carboxylic acids is 1. The predicted molar refractivity (Wildman–Crippen MR) is 71.4 cm³/mol. The van der Waals surface area contributed by atoms with Gasteiger partial charge in [-0.05, 0) is 37.0 Å². The average Bonchev–Trinajstić information content (AvgIpc) is 2.26. The van der Waals surface area contributed by atoms with Gasteiger partial charge in [-0.15, -0.1) is 0 Å². The van der Waals surface area contributed by atoms with Crippen LogP contribution >= 0.6 is 0 Å². The summed E-state index contributed by atoms with van der Waals surface area (Å²) in [5.74, 6) is 0.0117. The molecule has 0 spiro atoms. The number of nitrogens with zero attached hydrogens (tertiary/aromatic N) is 1. The van der Waals surface area contributed by atoms with Crippen molar-refractivity contribution < 1.29 is 9.90 Å². The Balaban J connectivity index is 2.15. The summed E-state index contributed by atoms with van der Waals surface area (Å²) in [7, 11) is 1.91. The fourth-order valence-corrected chi connectivity index (χ4v) is 2.41. The van der Waals surface area contributed by atoms with Crippen molar-refractivity contribution in [1.29, 1.82) is 0 Å². The first-order valence-corrected chi connectivity index (χ1v) is 6.06. The van der Waals surface area contributed by atoms with Gasteiger partial charge in [-0.25, -0.2) is 0 Å². The van der Waals surface area contributed by atoms with Crippen molar-refractivity contribution in [2.45, 2.75) is 18.9 Å². The molecule has 1 fully saturated rings. The summed E-state index contributed by atoms with van der Waals surface area (Å²) in [6, 6.07) is 5.08. The minimum atomic E-state index is -0.453. The molecule has 5 N–H and O–H groups in total. The van der Waals surface area contributed by atoms with Crippen molar-refractivity contribution in [2.24, 2.45) is 11.7 Å². The Morgan fingerprint density at radius 2 is 2.17 bits per heavy atom. The maximum Gasteiger partial charge on any atom is 0.250 e. The molecule has 1 aliphatic rings. The summed E-state index contributed by atoms with van der Waals surface area (Å²) in [5.41, 5.74) is 12.9. The van der Waals surface area contributed by atoms with Crippen LogP contribution < -0.4 is 16.4 Å². The normalized spacial score (nSPS) is 22.3. The fraction of sp³-hybridized carbons (Fsp3) is 0.462. The summed E-state index contributed by atoms with van der Waals surface area (Å²) in [6.45, 7) is 0.792. The lowest BCUT2D eigenvalue weighted by atomic mass is 9.82. The third-order valence-electron chi connectivity index (χ3n) is 3.44. The van der Waals surface area contributed by atoms with Crippen LogP contribution in [0.2, 0.25) is 0 Å². The van der Waals surface area contributed by atoms with E-state index in [1.54, 1.807) is 18.2 Å². The highest BCUT2D eigenvalue weighted by Crippen LogP contribution is 2.30. The molecule has 0 radical (unpaired) electrons. The van der Waals surface area contributed by atoms with E-state index in [1.165, 1.54) is 0 Å². The summed E-state index contributed by atoms with van der Waals surface area (Å²) >= 11 is 0. The van der Waals surface area contributed by atoms with E-state index in [0.29, 0.717) is 17.2 Å². The van der Waals surface area contributed by atoms with Gasteiger partial charge in [0.25, 0.3) is 5.91 Å². The van der Waals surface area contributed by atoms with E-state index in [2.05, 4.69) is 0 Å². The molecule has 1 amide bonds. The highest BCUT2D eigenvalue weighted by Gasteiger charge is 2.28. The third-order valence-corrected chi connectivity index (χ3v) is 3.44. The predicted octanol–water partition coefficient (Wildman–Crippen LogP) is 0.575. The number of hydrogen-bond acceptors (Lipinski definition) is 4. The monoisotopic (exact) mass is 249 g/mol. The Kier molecular flexibility index (Phi) is 3.43. The van der Waals surface area contributed by atoms with Crippen molar-refractivity contribution in [3.8, 4) is 0 Å². The molecule has 98 valence electrons. The molecule has 5 heteroatoms. The van der Waals surface area contributed by atoms with Crippen molar-refractivity contribution in [2.75, 3.05) is 24.2 Å². The van der Waals surface area contributed by atoms with Crippen LogP contribution in [0.15, 0.2) is 18.2 Å². The number of primary amides is 1. The lowest BCUT2D eigenvalue weighted by molar-refractivity contribution is 0.0464. The second kappa shape index (κ2) is 4.86. The van der Waals surface area contributed by atoms with E-state index in [-0.39, 0.29) is 6.10 Å². The molecule has 1 saturated carbocycles. The summed E-state index contributed by atoms with van der Waals surface area (Å²) in [4.78, 5) is 13.4. The number of anilines is 2. The van der Waals surface area contributed by atoms with E-state index in [9.17, 15) is 9.90 Å². The smallest absolute Gasteiger partial charge is 0.250 e. The molecule has 1 aromatic carbocycles. The molecule has 5 nitrogen and oxygen atoms in total. The Morgan fingerprint density at radius 3 is 2.72 bits per heavy atom. The van der Waals surface area contributed by atoms with Gasteiger partial charge >= 0.3 is 0 Å². The molecular formula is C13H19N3O2. The highest BCUT2D eigenvalue weighted by atomic mass is 16.3. The van der Waals surface area contributed by atoms with E-state index >= 15 is 0 Å². The molecule has 1 aromatic rings. The van der Waals surface area contributed by atoms with E-state index < -0.39 is 5.91 Å². The van der Waals surface area contributed by atoms with Gasteiger partial charge in [0, 0.05) is 19.3 Å². The molecule has 0 unspecified atom stereocenters. The van der Waals surface area contributed by atoms with Crippen LogP contribution in [0.3, 0.4) is 0 Å². The van der Waals surface area contributed by atoms with Gasteiger partial charge in [-0.3, -0.25) is 4.79 Å². The summed E-state index contributed by atoms with van der Waals surface area (Å²) in [6.07, 6.45) is 1.47. The first-order valence-electron chi connectivity index (χ1n) is 6.06. The molecule has 0 bridgehead atoms. The Bertz CT molecular complexity index is 456. The van der Waals surface area contributed by atoms with Gasteiger partial charge in [-0.1, -0.05) is 0 Å². The van der Waals surface area contributed by atoms with Crippen LogP contribution in [0, 0.1) is 5.92 Å². The Morgan fingerprint density at radius 1 is 1.50 bits per heavy atom. The van der Waals surface area contributed by atoms with Gasteiger partial charge in [0.1, 0.15) is 0 Å². The first-order chi connectivity index (χ1) is 8.47. The van der Waals surface area contributed by atoms with Gasteiger partial charge < -0.3 is 21.5 Å². The quantitative estimate of drug-likeness (QED) is 0.680. The van der Waals surface area contributed by atoms with Gasteiger partial charge in [0.15, 0.2) is 0 Å². The highest BCUT2D eigenvalue weighted by molar-refractivity contribution is 5.99. The number of amides is 1. The maximum absolute atomic E-state index is 11.4. The number of carbonyl (C=O) groups is 1. The molecule has 0 saturated heterocycles.